The number of para-hydroxylation sites is 2. The van der Waals surface area contributed by atoms with Crippen molar-refractivity contribution in [3.63, 3.8) is 0 Å². The lowest BCUT2D eigenvalue weighted by Gasteiger charge is -2.41. The zero-order valence-electron chi connectivity index (χ0n) is 21.1. The van der Waals surface area contributed by atoms with Crippen LogP contribution in [0.1, 0.15) is 22.7 Å². The van der Waals surface area contributed by atoms with Crippen LogP contribution < -0.4 is 10.5 Å². The number of nitrogens with zero attached hydrogens (tertiary/aromatic N) is 3. The van der Waals surface area contributed by atoms with Gasteiger partial charge in [-0.25, -0.2) is 0 Å². The summed E-state index contributed by atoms with van der Waals surface area (Å²) in [6.07, 6.45) is 0. The average Bonchev–Trinajstić information content (AvgIpc) is 2.96. The average molecular weight is 486 g/mol. The lowest BCUT2D eigenvalue weighted by atomic mass is 9.96. The Morgan fingerprint density at radius 2 is 1.14 bits per heavy atom. The topological polar surface area (TPSA) is 28.5 Å². The van der Waals surface area contributed by atoms with Gasteiger partial charge in [0.2, 0.25) is 0 Å². The minimum absolute atomic E-state index is 0.0498. The van der Waals surface area contributed by atoms with Crippen molar-refractivity contribution in [2.24, 2.45) is 0 Å². The van der Waals surface area contributed by atoms with Gasteiger partial charge in [-0.3, -0.25) is 14.3 Å². The van der Waals surface area contributed by atoms with Crippen LogP contribution in [-0.4, -0.2) is 35.6 Å². The predicted octanol–water partition coefficient (Wildman–Crippen LogP) is 6.21. The Bertz CT molecular complexity index is 1510. The first-order valence-electron chi connectivity index (χ1n) is 13.0. The molecule has 1 aliphatic heterocycles. The molecular weight excluding hydrogens is 454 g/mol. The summed E-state index contributed by atoms with van der Waals surface area (Å²) in [4.78, 5) is 18.7. The standard InChI is InChI=1S/C33H31N3O/c1-25-31(29-19-11-12-20-30(29)36(33(25)37)28-17-9-4-10-18-28)34-21-23-35(24-22-34)32(26-13-5-2-6-14-26)27-15-7-3-8-16-27/h2-20,32H,21-24H2,1H3. The SMILES string of the molecule is Cc1c(N2CCN(C(c3ccccc3)c3ccccc3)CC2)c2ccccc2n(-c2ccccc2)c1=O. The highest BCUT2D eigenvalue weighted by molar-refractivity contribution is 5.94. The van der Waals surface area contributed by atoms with Gasteiger partial charge >= 0.3 is 0 Å². The summed E-state index contributed by atoms with van der Waals surface area (Å²) in [5.74, 6) is 0. The minimum atomic E-state index is 0.0498. The van der Waals surface area contributed by atoms with Crippen molar-refractivity contribution in [1.82, 2.24) is 9.47 Å². The molecule has 1 saturated heterocycles. The second-order valence-corrected chi connectivity index (χ2v) is 9.71. The van der Waals surface area contributed by atoms with Gasteiger partial charge in [-0.2, -0.15) is 0 Å². The molecule has 37 heavy (non-hydrogen) atoms. The molecule has 0 saturated carbocycles. The molecule has 0 unspecified atom stereocenters. The van der Waals surface area contributed by atoms with Gasteiger partial charge in [0.25, 0.3) is 5.56 Å². The van der Waals surface area contributed by atoms with Crippen molar-refractivity contribution in [1.29, 1.82) is 0 Å². The van der Waals surface area contributed by atoms with Crippen LogP contribution in [0.15, 0.2) is 120 Å². The number of pyridine rings is 1. The maximum Gasteiger partial charge on any atom is 0.260 e. The number of hydrogen-bond donors (Lipinski definition) is 0. The second-order valence-electron chi connectivity index (χ2n) is 9.71. The highest BCUT2D eigenvalue weighted by Crippen LogP contribution is 2.34. The monoisotopic (exact) mass is 485 g/mol. The molecule has 4 heteroatoms. The predicted molar refractivity (Wildman–Crippen MR) is 153 cm³/mol. The Morgan fingerprint density at radius 3 is 1.73 bits per heavy atom. The number of hydrogen-bond acceptors (Lipinski definition) is 3. The molecule has 4 aromatic carbocycles. The van der Waals surface area contributed by atoms with Crippen molar-refractivity contribution in [2.45, 2.75) is 13.0 Å². The fourth-order valence-electron chi connectivity index (χ4n) is 5.78. The van der Waals surface area contributed by atoms with E-state index in [4.69, 9.17) is 0 Å². The Balaban J connectivity index is 1.36. The summed E-state index contributed by atoms with van der Waals surface area (Å²) < 4.78 is 1.85. The molecule has 1 aromatic heterocycles. The van der Waals surface area contributed by atoms with E-state index >= 15 is 0 Å². The fourth-order valence-corrected chi connectivity index (χ4v) is 5.78. The van der Waals surface area contributed by atoms with Crippen LogP contribution in [0.5, 0.6) is 0 Å². The summed E-state index contributed by atoms with van der Waals surface area (Å²) >= 11 is 0. The number of anilines is 1. The third-order valence-electron chi connectivity index (χ3n) is 7.52. The zero-order chi connectivity index (χ0) is 25.2. The third-order valence-corrected chi connectivity index (χ3v) is 7.52. The first kappa shape index (κ1) is 23.3. The molecule has 0 amide bonds. The third kappa shape index (κ3) is 4.34. The van der Waals surface area contributed by atoms with E-state index in [1.165, 1.54) is 11.1 Å². The highest BCUT2D eigenvalue weighted by atomic mass is 16.1. The molecule has 0 spiro atoms. The number of benzene rings is 4. The Hall–Kier alpha value is -4.15. The Morgan fingerprint density at radius 1 is 0.622 bits per heavy atom. The summed E-state index contributed by atoms with van der Waals surface area (Å²) in [6, 6.07) is 40.0. The zero-order valence-corrected chi connectivity index (χ0v) is 21.1. The van der Waals surface area contributed by atoms with Gasteiger partial charge in [-0.1, -0.05) is 97.1 Å². The van der Waals surface area contributed by atoms with Gasteiger partial charge in [0.15, 0.2) is 0 Å². The van der Waals surface area contributed by atoms with Crippen LogP contribution in [0, 0.1) is 6.92 Å². The summed E-state index contributed by atoms with van der Waals surface area (Å²) in [5, 5.41) is 1.12. The van der Waals surface area contributed by atoms with Crippen molar-refractivity contribution >= 4 is 16.6 Å². The van der Waals surface area contributed by atoms with E-state index in [1.807, 2.05) is 47.9 Å². The number of aromatic nitrogens is 1. The number of fused-ring (bicyclic) bond motifs is 1. The fraction of sp³-hybridized carbons (Fsp3) is 0.182. The van der Waals surface area contributed by atoms with Crippen LogP contribution in [0.4, 0.5) is 5.69 Å². The lowest BCUT2D eigenvalue weighted by Crippen LogP contribution is -2.48. The van der Waals surface area contributed by atoms with Crippen LogP contribution in [0.3, 0.4) is 0 Å². The van der Waals surface area contributed by atoms with Gasteiger partial charge in [0.1, 0.15) is 0 Å². The minimum Gasteiger partial charge on any atom is -0.368 e. The second kappa shape index (κ2) is 10.1. The highest BCUT2D eigenvalue weighted by Gasteiger charge is 2.28. The van der Waals surface area contributed by atoms with Gasteiger partial charge in [0, 0.05) is 42.8 Å². The summed E-state index contributed by atoms with van der Waals surface area (Å²) in [5.41, 5.74) is 6.41. The smallest absolute Gasteiger partial charge is 0.260 e. The molecule has 0 N–H and O–H groups in total. The van der Waals surface area contributed by atoms with E-state index in [9.17, 15) is 4.79 Å². The van der Waals surface area contributed by atoms with E-state index in [0.717, 1.165) is 54.0 Å². The Labute approximate surface area is 218 Å². The molecule has 0 radical (unpaired) electrons. The molecular formula is C33H31N3O. The first-order chi connectivity index (χ1) is 18.2. The van der Waals surface area contributed by atoms with Crippen molar-refractivity contribution in [3.05, 3.63) is 142 Å². The van der Waals surface area contributed by atoms with E-state index in [2.05, 4.69) is 88.7 Å². The number of rotatable bonds is 5. The maximum atomic E-state index is 13.7. The molecule has 5 aromatic rings. The molecule has 4 nitrogen and oxygen atoms in total. The van der Waals surface area contributed by atoms with Gasteiger partial charge in [0.05, 0.1) is 17.2 Å². The first-order valence-corrected chi connectivity index (χ1v) is 13.0. The van der Waals surface area contributed by atoms with Crippen LogP contribution in [0.2, 0.25) is 0 Å². The van der Waals surface area contributed by atoms with Gasteiger partial charge in [-0.05, 0) is 36.2 Å². The molecule has 0 bridgehead atoms. The molecule has 0 atom stereocenters. The van der Waals surface area contributed by atoms with E-state index in [1.54, 1.807) is 0 Å². The molecule has 1 aliphatic rings. The normalized spacial score (nSPS) is 14.4. The lowest BCUT2D eigenvalue weighted by molar-refractivity contribution is 0.212. The van der Waals surface area contributed by atoms with Gasteiger partial charge in [-0.15, -0.1) is 0 Å². The number of piperazine rings is 1. The van der Waals surface area contributed by atoms with Gasteiger partial charge < -0.3 is 4.90 Å². The van der Waals surface area contributed by atoms with Crippen LogP contribution in [0.25, 0.3) is 16.6 Å². The van der Waals surface area contributed by atoms with E-state index in [0.29, 0.717) is 0 Å². The van der Waals surface area contributed by atoms with Crippen LogP contribution in [-0.2, 0) is 0 Å². The van der Waals surface area contributed by atoms with E-state index in [-0.39, 0.29) is 11.6 Å². The molecule has 0 aliphatic carbocycles. The summed E-state index contributed by atoms with van der Waals surface area (Å²) in [6.45, 7) is 5.56. The van der Waals surface area contributed by atoms with E-state index < -0.39 is 0 Å². The largest absolute Gasteiger partial charge is 0.368 e. The maximum absolute atomic E-state index is 13.7. The molecule has 184 valence electrons. The molecule has 6 rings (SSSR count). The van der Waals surface area contributed by atoms with Crippen molar-refractivity contribution in [2.75, 3.05) is 31.1 Å². The van der Waals surface area contributed by atoms with Crippen LogP contribution >= 0.6 is 0 Å². The summed E-state index contributed by atoms with van der Waals surface area (Å²) in [7, 11) is 0. The molecule has 1 fully saturated rings. The quantitative estimate of drug-likeness (QED) is 0.296. The van der Waals surface area contributed by atoms with Crippen molar-refractivity contribution < 1.29 is 0 Å². The molecule has 2 heterocycles. The Kier molecular flexibility index (Phi) is 6.33. The van der Waals surface area contributed by atoms with Crippen molar-refractivity contribution in [3.8, 4) is 5.69 Å².